The van der Waals surface area contributed by atoms with Gasteiger partial charge in [0, 0.05) is 37.3 Å². The maximum absolute atomic E-state index is 11.5. The summed E-state index contributed by atoms with van der Waals surface area (Å²) in [5.74, 6) is 1.04. The summed E-state index contributed by atoms with van der Waals surface area (Å²) in [5.41, 5.74) is 1.74. The average Bonchev–Trinajstić information content (AvgIpc) is 2.96. The molecule has 2 heterocycles. The Kier molecular flexibility index (Phi) is 6.65. The first-order valence-corrected chi connectivity index (χ1v) is 9.97. The summed E-state index contributed by atoms with van der Waals surface area (Å²) in [7, 11) is 0.197. The molecule has 0 bridgehead atoms. The summed E-state index contributed by atoms with van der Waals surface area (Å²) in [6.07, 6.45) is 0.922. The van der Waals surface area contributed by atoms with Crippen molar-refractivity contribution in [2.24, 2.45) is 4.36 Å². The molecule has 1 aromatic carbocycles. The van der Waals surface area contributed by atoms with E-state index in [4.69, 9.17) is 14.3 Å². The predicted molar refractivity (Wildman–Crippen MR) is 106 cm³/mol. The van der Waals surface area contributed by atoms with Crippen molar-refractivity contribution in [1.29, 1.82) is 5.26 Å². The van der Waals surface area contributed by atoms with Gasteiger partial charge in [-0.1, -0.05) is 4.36 Å². The minimum atomic E-state index is -2.87. The molecule has 1 aliphatic rings. The maximum Gasteiger partial charge on any atom is 0.467 e. The highest BCUT2D eigenvalue weighted by Gasteiger charge is 2.23. The summed E-state index contributed by atoms with van der Waals surface area (Å²) in [6.45, 7) is 1.71. The minimum Gasteiger partial charge on any atom is -0.493 e. The van der Waals surface area contributed by atoms with Crippen LogP contribution in [0.1, 0.15) is 12.0 Å². The van der Waals surface area contributed by atoms with Crippen molar-refractivity contribution in [2.45, 2.75) is 6.42 Å². The second-order valence-electron chi connectivity index (χ2n) is 6.29. The van der Waals surface area contributed by atoms with E-state index < -0.39 is 16.6 Å². The number of ether oxygens (including phenoxy) is 2. The third kappa shape index (κ3) is 4.58. The lowest BCUT2D eigenvalue weighted by atomic mass is 10.1. The van der Waals surface area contributed by atoms with Crippen LogP contribution in [0.4, 0.5) is 10.5 Å². The number of methoxy groups -OCH3 is 2. The summed E-state index contributed by atoms with van der Waals surface area (Å²) < 4.78 is 34.5. The number of nitrogens with zero attached hydrogens (tertiary/aromatic N) is 5. The van der Waals surface area contributed by atoms with Crippen LogP contribution in [0, 0.1) is 11.3 Å². The first kappa shape index (κ1) is 21.3. The molecule has 0 atom stereocenters. The van der Waals surface area contributed by atoms with Gasteiger partial charge in [0.2, 0.25) is 0 Å². The third-order valence-corrected chi connectivity index (χ3v) is 4.89. The molecular formula is C18H19N5O6S. The highest BCUT2D eigenvalue weighted by Crippen LogP contribution is 2.37. The molecule has 2 aromatic rings. The molecule has 1 aliphatic heterocycles. The smallest absolute Gasteiger partial charge is 0.467 e. The zero-order chi connectivity index (χ0) is 21.7. The van der Waals surface area contributed by atoms with Crippen LogP contribution in [0.2, 0.25) is 0 Å². The molecular weight excluding hydrogens is 414 g/mol. The number of carbonyl (C=O) groups is 1. The van der Waals surface area contributed by atoms with Crippen LogP contribution >= 0.6 is 0 Å². The number of fused-ring (bicyclic) bond motifs is 1. The van der Waals surface area contributed by atoms with E-state index in [1.807, 2.05) is 4.90 Å². The highest BCUT2D eigenvalue weighted by atomic mass is 32.2. The van der Waals surface area contributed by atoms with E-state index in [9.17, 15) is 18.5 Å². The molecule has 0 unspecified atom stereocenters. The van der Waals surface area contributed by atoms with Crippen molar-refractivity contribution in [1.82, 2.24) is 10.0 Å². The summed E-state index contributed by atoms with van der Waals surface area (Å²) in [6, 6.07) is 5.70. The zero-order valence-electron chi connectivity index (χ0n) is 16.4. The molecule has 0 spiro atoms. The van der Waals surface area contributed by atoms with E-state index in [1.54, 1.807) is 12.1 Å². The van der Waals surface area contributed by atoms with Crippen LogP contribution in [0.15, 0.2) is 22.7 Å². The molecule has 1 amide bonds. The van der Waals surface area contributed by atoms with Crippen LogP contribution in [-0.2, 0) is 15.3 Å². The number of amides is 1. The highest BCUT2D eigenvalue weighted by molar-refractivity contribution is 7.62. The molecule has 158 valence electrons. The second-order valence-corrected chi connectivity index (χ2v) is 6.91. The summed E-state index contributed by atoms with van der Waals surface area (Å²) in [4.78, 5) is 22.8. The number of anilines is 1. The summed E-state index contributed by atoms with van der Waals surface area (Å²) in [5, 5.41) is 11.7. The van der Waals surface area contributed by atoms with Gasteiger partial charge in [0.15, 0.2) is 11.5 Å². The van der Waals surface area contributed by atoms with Crippen molar-refractivity contribution in [3.63, 3.8) is 0 Å². The SMILES string of the molecule is COc1cc2ncc(C#N)c(N3CCCN(OC(=O)N=S(=O)=O)CC3)c2cc1OC. The van der Waals surface area contributed by atoms with E-state index in [0.29, 0.717) is 60.9 Å². The third-order valence-electron chi connectivity index (χ3n) is 4.59. The van der Waals surface area contributed by atoms with Crippen LogP contribution in [-0.4, -0.2) is 65.0 Å². The maximum atomic E-state index is 11.5. The van der Waals surface area contributed by atoms with E-state index in [0.717, 1.165) is 5.39 Å². The van der Waals surface area contributed by atoms with Crippen molar-refractivity contribution in [3.8, 4) is 17.6 Å². The minimum absolute atomic E-state index is 0.300. The molecule has 0 N–H and O–H groups in total. The number of rotatable bonds is 4. The Morgan fingerprint density at radius 2 is 1.90 bits per heavy atom. The second kappa shape index (κ2) is 9.38. The van der Waals surface area contributed by atoms with Crippen LogP contribution in [0.3, 0.4) is 0 Å². The number of nitriles is 1. The van der Waals surface area contributed by atoms with Gasteiger partial charge in [-0.2, -0.15) is 13.7 Å². The van der Waals surface area contributed by atoms with Crippen LogP contribution in [0.25, 0.3) is 10.9 Å². The van der Waals surface area contributed by atoms with Gasteiger partial charge in [-0.05, 0) is 12.5 Å². The molecule has 1 aromatic heterocycles. The fourth-order valence-corrected chi connectivity index (χ4v) is 3.48. The van der Waals surface area contributed by atoms with Gasteiger partial charge in [-0.3, -0.25) is 4.98 Å². The van der Waals surface area contributed by atoms with Crippen molar-refractivity contribution in [2.75, 3.05) is 45.3 Å². The van der Waals surface area contributed by atoms with Gasteiger partial charge >= 0.3 is 16.6 Å². The van der Waals surface area contributed by atoms with Crippen molar-refractivity contribution < 1.29 is 27.5 Å². The number of carbonyl (C=O) groups excluding carboxylic acids is 1. The average molecular weight is 433 g/mol. The fraction of sp³-hybridized carbons (Fsp3) is 0.389. The van der Waals surface area contributed by atoms with Gasteiger partial charge in [-0.15, -0.1) is 5.06 Å². The van der Waals surface area contributed by atoms with E-state index in [1.165, 1.54) is 25.5 Å². The molecule has 0 aliphatic carbocycles. The van der Waals surface area contributed by atoms with Gasteiger partial charge in [0.05, 0.1) is 37.5 Å². The Bertz CT molecular complexity index is 1140. The lowest BCUT2D eigenvalue weighted by Gasteiger charge is -2.25. The molecule has 12 heteroatoms. The van der Waals surface area contributed by atoms with Crippen molar-refractivity contribution >= 4 is 33.2 Å². The Labute approximate surface area is 174 Å². The van der Waals surface area contributed by atoms with Crippen LogP contribution in [0.5, 0.6) is 11.5 Å². The van der Waals surface area contributed by atoms with E-state index in [-0.39, 0.29) is 0 Å². The number of aromatic nitrogens is 1. The van der Waals surface area contributed by atoms with E-state index in [2.05, 4.69) is 15.4 Å². The number of benzene rings is 1. The molecule has 1 saturated heterocycles. The molecule has 3 rings (SSSR count). The topological polar surface area (TPSA) is 134 Å². The van der Waals surface area contributed by atoms with Gasteiger partial charge in [-0.25, -0.2) is 4.79 Å². The Morgan fingerprint density at radius 1 is 1.17 bits per heavy atom. The predicted octanol–water partition coefficient (Wildman–Crippen LogP) is 1.75. The molecule has 1 fully saturated rings. The Hall–Kier alpha value is -3.43. The number of hydrogen-bond acceptors (Lipinski definition) is 10. The van der Waals surface area contributed by atoms with E-state index >= 15 is 0 Å². The lowest BCUT2D eigenvalue weighted by Crippen LogP contribution is -2.32. The Morgan fingerprint density at radius 3 is 2.57 bits per heavy atom. The first-order chi connectivity index (χ1) is 14.5. The van der Waals surface area contributed by atoms with Gasteiger partial charge < -0.3 is 19.2 Å². The monoisotopic (exact) mass is 433 g/mol. The number of hydrogen-bond donors (Lipinski definition) is 0. The largest absolute Gasteiger partial charge is 0.493 e. The number of hydroxylamine groups is 2. The quantitative estimate of drug-likeness (QED) is 0.701. The van der Waals surface area contributed by atoms with Crippen LogP contribution < -0.4 is 14.4 Å². The Balaban J connectivity index is 1.94. The van der Waals surface area contributed by atoms with Gasteiger partial charge in [0.1, 0.15) is 6.07 Å². The fourth-order valence-electron chi connectivity index (χ4n) is 3.32. The normalized spacial score (nSPS) is 14.5. The molecule has 0 radical (unpaired) electrons. The standard InChI is InChI=1S/C18H19N5O6S/c1-27-15-8-13-14(9-16(15)28-2)20-11-12(10-19)17(13)22-4-3-5-23(7-6-22)29-18(24)21-30(25)26/h8-9,11H,3-7H2,1-2H3. The summed E-state index contributed by atoms with van der Waals surface area (Å²) >= 11 is 0. The lowest BCUT2D eigenvalue weighted by molar-refractivity contribution is -0.0900. The molecule has 11 nitrogen and oxygen atoms in total. The zero-order valence-corrected chi connectivity index (χ0v) is 17.2. The number of pyridine rings is 1. The first-order valence-electron chi connectivity index (χ1n) is 8.94. The van der Waals surface area contributed by atoms with Gasteiger partial charge in [0.25, 0.3) is 0 Å². The molecule has 30 heavy (non-hydrogen) atoms. The van der Waals surface area contributed by atoms with Crippen molar-refractivity contribution in [3.05, 3.63) is 23.9 Å². The molecule has 0 saturated carbocycles.